The van der Waals surface area contributed by atoms with Crippen LogP contribution in [0.15, 0.2) is 24.3 Å². The van der Waals surface area contributed by atoms with Gasteiger partial charge in [0.05, 0.1) is 22.9 Å². The van der Waals surface area contributed by atoms with Gasteiger partial charge in [0.15, 0.2) is 0 Å². The Hall–Kier alpha value is -2.09. The topological polar surface area (TPSA) is 113 Å². The highest BCUT2D eigenvalue weighted by Crippen LogP contribution is 2.28. The maximum atomic E-state index is 12.3. The molecule has 0 saturated heterocycles. The Kier molecular flexibility index (Phi) is 5.25. The van der Waals surface area contributed by atoms with Crippen molar-refractivity contribution in [1.29, 1.82) is 0 Å². The number of carbonyl (C=O) groups excluding carboxylic acids is 1. The molecule has 1 amide bonds. The lowest BCUT2D eigenvalue weighted by Gasteiger charge is -2.33. The monoisotopic (exact) mass is 340 g/mol. The van der Waals surface area contributed by atoms with Gasteiger partial charge in [-0.3, -0.25) is 14.3 Å². The number of amides is 1. The van der Waals surface area contributed by atoms with Crippen molar-refractivity contribution >= 4 is 27.6 Å². The predicted octanol–water partition coefficient (Wildman–Crippen LogP) is 1.43. The lowest BCUT2D eigenvalue weighted by Crippen LogP contribution is -2.46. The Labute approximate surface area is 135 Å². The zero-order chi connectivity index (χ0) is 17.0. The summed E-state index contributed by atoms with van der Waals surface area (Å²) in [6, 6.07) is 6.16. The molecule has 0 heterocycles. The van der Waals surface area contributed by atoms with E-state index >= 15 is 0 Å². The van der Waals surface area contributed by atoms with Gasteiger partial charge < -0.3 is 10.4 Å². The van der Waals surface area contributed by atoms with Crippen LogP contribution in [0.2, 0.25) is 0 Å². The number of anilines is 1. The lowest BCUT2D eigenvalue weighted by atomic mass is 9.80. The molecule has 0 atom stereocenters. The second kappa shape index (κ2) is 6.99. The van der Waals surface area contributed by atoms with E-state index in [0.29, 0.717) is 19.3 Å². The van der Waals surface area contributed by atoms with Crippen molar-refractivity contribution in [1.82, 2.24) is 5.32 Å². The SMILES string of the molecule is CCCS(=O)(=O)Nc1ccccc1C(=O)NC1CC(C(=O)O)C1. The summed E-state index contributed by atoms with van der Waals surface area (Å²) in [6.45, 7) is 1.76. The van der Waals surface area contributed by atoms with Crippen LogP contribution in [-0.2, 0) is 14.8 Å². The van der Waals surface area contributed by atoms with Crippen LogP contribution >= 0.6 is 0 Å². The third-order valence-corrected chi connectivity index (χ3v) is 5.21. The fourth-order valence-corrected chi connectivity index (χ4v) is 3.61. The van der Waals surface area contributed by atoms with Gasteiger partial charge in [-0.2, -0.15) is 0 Å². The molecular formula is C15H20N2O5S. The van der Waals surface area contributed by atoms with E-state index in [1.54, 1.807) is 19.1 Å². The van der Waals surface area contributed by atoms with Gasteiger partial charge in [-0.15, -0.1) is 0 Å². The molecule has 0 aromatic heterocycles. The first kappa shape index (κ1) is 17.3. The third-order valence-electron chi connectivity index (χ3n) is 3.73. The second-order valence-corrected chi connectivity index (χ2v) is 7.49. The number of para-hydroxylation sites is 1. The van der Waals surface area contributed by atoms with Crippen LogP contribution in [0.1, 0.15) is 36.5 Å². The molecule has 1 aromatic carbocycles. The molecule has 23 heavy (non-hydrogen) atoms. The first-order chi connectivity index (χ1) is 10.8. The zero-order valence-corrected chi connectivity index (χ0v) is 13.6. The number of hydrogen-bond acceptors (Lipinski definition) is 4. The summed E-state index contributed by atoms with van der Waals surface area (Å²) in [5.74, 6) is -1.71. The second-order valence-electron chi connectivity index (χ2n) is 5.64. The first-order valence-electron chi connectivity index (χ1n) is 7.45. The number of carbonyl (C=O) groups is 2. The number of aliphatic carboxylic acids is 1. The van der Waals surface area contributed by atoms with Crippen LogP contribution in [0.25, 0.3) is 0 Å². The lowest BCUT2D eigenvalue weighted by molar-refractivity contribution is -0.145. The van der Waals surface area contributed by atoms with Gasteiger partial charge in [-0.05, 0) is 31.4 Å². The number of benzene rings is 1. The molecule has 7 nitrogen and oxygen atoms in total. The van der Waals surface area contributed by atoms with Crippen LogP contribution in [0.3, 0.4) is 0 Å². The number of rotatable bonds is 7. The highest BCUT2D eigenvalue weighted by molar-refractivity contribution is 7.92. The van der Waals surface area contributed by atoms with E-state index in [2.05, 4.69) is 10.0 Å². The first-order valence-corrected chi connectivity index (χ1v) is 9.11. The van der Waals surface area contributed by atoms with E-state index < -0.39 is 27.8 Å². The molecule has 0 radical (unpaired) electrons. The summed E-state index contributed by atoms with van der Waals surface area (Å²) in [6.07, 6.45) is 1.26. The van der Waals surface area contributed by atoms with E-state index in [1.165, 1.54) is 12.1 Å². The summed E-state index contributed by atoms with van der Waals surface area (Å²) < 4.78 is 26.2. The molecule has 8 heteroatoms. The Morgan fingerprint density at radius 2 is 1.91 bits per heavy atom. The van der Waals surface area contributed by atoms with E-state index in [9.17, 15) is 18.0 Å². The van der Waals surface area contributed by atoms with Gasteiger partial charge in [-0.1, -0.05) is 19.1 Å². The molecule has 1 aliphatic carbocycles. The van der Waals surface area contributed by atoms with E-state index in [1.807, 2.05) is 0 Å². The van der Waals surface area contributed by atoms with Gasteiger partial charge in [0, 0.05) is 6.04 Å². The van der Waals surface area contributed by atoms with Gasteiger partial charge in [0.1, 0.15) is 0 Å². The van der Waals surface area contributed by atoms with Gasteiger partial charge in [0.25, 0.3) is 5.91 Å². The normalized spacial score (nSPS) is 20.4. The molecule has 3 N–H and O–H groups in total. The summed E-state index contributed by atoms with van der Waals surface area (Å²) in [5, 5.41) is 11.6. The summed E-state index contributed by atoms with van der Waals surface area (Å²) in [4.78, 5) is 23.1. The van der Waals surface area contributed by atoms with E-state index in [4.69, 9.17) is 5.11 Å². The number of carboxylic acids is 1. The highest BCUT2D eigenvalue weighted by Gasteiger charge is 2.35. The van der Waals surface area contributed by atoms with Gasteiger partial charge >= 0.3 is 5.97 Å². The molecule has 1 saturated carbocycles. The van der Waals surface area contributed by atoms with Crippen LogP contribution in [-0.4, -0.2) is 37.2 Å². The maximum Gasteiger partial charge on any atom is 0.306 e. The predicted molar refractivity (Wildman–Crippen MR) is 85.8 cm³/mol. The average Bonchev–Trinajstić information content (AvgIpc) is 2.41. The number of sulfonamides is 1. The molecule has 0 aliphatic heterocycles. The number of hydrogen-bond donors (Lipinski definition) is 3. The standard InChI is InChI=1S/C15H20N2O5S/c1-2-7-23(21,22)17-13-6-4-3-5-12(13)14(18)16-11-8-10(9-11)15(19)20/h3-6,10-11,17H,2,7-9H2,1H3,(H,16,18)(H,19,20). The fourth-order valence-electron chi connectivity index (χ4n) is 2.46. The Morgan fingerprint density at radius 1 is 1.26 bits per heavy atom. The molecule has 0 spiro atoms. The van der Waals surface area contributed by atoms with Crippen molar-refractivity contribution in [3.8, 4) is 0 Å². The van der Waals surface area contributed by atoms with Crippen molar-refractivity contribution in [3.63, 3.8) is 0 Å². The minimum absolute atomic E-state index is 0.0220. The number of carboxylic acid groups (broad SMARTS) is 1. The van der Waals surface area contributed by atoms with Crippen molar-refractivity contribution in [2.45, 2.75) is 32.2 Å². The minimum Gasteiger partial charge on any atom is -0.481 e. The van der Waals surface area contributed by atoms with Gasteiger partial charge in [-0.25, -0.2) is 8.42 Å². The molecule has 1 aliphatic rings. The molecule has 1 fully saturated rings. The van der Waals surface area contributed by atoms with Crippen molar-refractivity contribution in [2.75, 3.05) is 10.5 Å². The Bertz CT molecular complexity index is 696. The van der Waals surface area contributed by atoms with Crippen LogP contribution < -0.4 is 10.0 Å². The molecule has 1 aromatic rings. The molecule has 0 unspecified atom stereocenters. The van der Waals surface area contributed by atoms with Crippen molar-refractivity contribution in [2.24, 2.45) is 5.92 Å². The molecular weight excluding hydrogens is 320 g/mol. The summed E-state index contributed by atoms with van der Waals surface area (Å²) >= 11 is 0. The average molecular weight is 340 g/mol. The largest absolute Gasteiger partial charge is 0.481 e. The highest BCUT2D eigenvalue weighted by atomic mass is 32.2. The Morgan fingerprint density at radius 3 is 2.52 bits per heavy atom. The van der Waals surface area contributed by atoms with Crippen LogP contribution in [0, 0.1) is 5.92 Å². The third kappa shape index (κ3) is 4.44. The van der Waals surface area contributed by atoms with Crippen molar-refractivity contribution < 1.29 is 23.1 Å². The summed E-state index contributed by atoms with van der Waals surface area (Å²) in [5.41, 5.74) is 0.457. The smallest absolute Gasteiger partial charge is 0.306 e. The summed E-state index contributed by atoms with van der Waals surface area (Å²) in [7, 11) is -3.49. The van der Waals surface area contributed by atoms with Crippen molar-refractivity contribution in [3.05, 3.63) is 29.8 Å². The minimum atomic E-state index is -3.49. The number of nitrogens with one attached hydrogen (secondary N) is 2. The molecule has 126 valence electrons. The van der Waals surface area contributed by atoms with Crippen LogP contribution in [0.4, 0.5) is 5.69 Å². The quantitative estimate of drug-likeness (QED) is 0.695. The van der Waals surface area contributed by atoms with Crippen LogP contribution in [0.5, 0.6) is 0 Å². The molecule has 0 bridgehead atoms. The Balaban J connectivity index is 2.05. The van der Waals surface area contributed by atoms with E-state index in [-0.39, 0.29) is 23.0 Å². The zero-order valence-electron chi connectivity index (χ0n) is 12.8. The fraction of sp³-hybridized carbons (Fsp3) is 0.467. The molecule has 2 rings (SSSR count). The maximum absolute atomic E-state index is 12.3. The van der Waals surface area contributed by atoms with Gasteiger partial charge in [0.2, 0.25) is 10.0 Å². The van der Waals surface area contributed by atoms with E-state index in [0.717, 1.165) is 0 Å².